The minimum atomic E-state index is -1.09. The highest BCUT2D eigenvalue weighted by molar-refractivity contribution is 7.84. The molecular formula is C13H17N3OS. The highest BCUT2D eigenvalue weighted by Gasteiger charge is 2.12. The van der Waals surface area contributed by atoms with Crippen molar-refractivity contribution >= 4 is 16.5 Å². The van der Waals surface area contributed by atoms with E-state index in [0.717, 1.165) is 21.8 Å². The standard InChI is InChI=1S/C13H17N3OS/c1-9-7-11(16(3)15-9)8-18(17)13-6-4-5-12(14)10(13)2/h4-7H,8,14H2,1-3H3. The molecule has 0 radical (unpaired) electrons. The summed E-state index contributed by atoms with van der Waals surface area (Å²) in [6, 6.07) is 7.48. The van der Waals surface area contributed by atoms with E-state index < -0.39 is 10.8 Å². The van der Waals surface area contributed by atoms with Crippen molar-refractivity contribution in [1.29, 1.82) is 0 Å². The number of nitrogens with zero attached hydrogens (tertiary/aromatic N) is 2. The molecule has 1 aromatic carbocycles. The van der Waals surface area contributed by atoms with Gasteiger partial charge in [0.15, 0.2) is 0 Å². The molecule has 1 heterocycles. The van der Waals surface area contributed by atoms with Gasteiger partial charge in [0.2, 0.25) is 0 Å². The van der Waals surface area contributed by atoms with Crippen molar-refractivity contribution in [3.05, 3.63) is 41.2 Å². The van der Waals surface area contributed by atoms with E-state index in [0.29, 0.717) is 11.4 Å². The molecule has 0 amide bonds. The molecule has 0 saturated heterocycles. The van der Waals surface area contributed by atoms with Crippen molar-refractivity contribution in [2.24, 2.45) is 7.05 Å². The molecular weight excluding hydrogens is 246 g/mol. The Labute approximate surface area is 109 Å². The molecule has 0 aliphatic heterocycles. The first kappa shape index (κ1) is 12.8. The average Bonchev–Trinajstić information content (AvgIpc) is 2.61. The lowest BCUT2D eigenvalue weighted by atomic mass is 10.2. The van der Waals surface area contributed by atoms with Crippen LogP contribution < -0.4 is 5.73 Å². The molecule has 2 rings (SSSR count). The second-order valence-electron chi connectivity index (χ2n) is 4.36. The highest BCUT2D eigenvalue weighted by Crippen LogP contribution is 2.21. The van der Waals surface area contributed by atoms with E-state index in [-0.39, 0.29) is 0 Å². The zero-order valence-corrected chi connectivity index (χ0v) is 11.6. The second-order valence-corrected chi connectivity index (χ2v) is 5.78. The van der Waals surface area contributed by atoms with Gasteiger partial charge in [0.05, 0.1) is 27.9 Å². The Bertz CT molecular complexity index is 604. The first-order valence-electron chi connectivity index (χ1n) is 5.72. The Morgan fingerprint density at radius 3 is 2.72 bits per heavy atom. The summed E-state index contributed by atoms with van der Waals surface area (Å²) in [5, 5.41) is 4.26. The minimum Gasteiger partial charge on any atom is -0.398 e. The number of aromatic nitrogens is 2. The Morgan fingerprint density at radius 1 is 1.39 bits per heavy atom. The first-order chi connectivity index (χ1) is 8.49. The van der Waals surface area contributed by atoms with Gasteiger partial charge >= 0.3 is 0 Å². The van der Waals surface area contributed by atoms with Gasteiger partial charge in [0, 0.05) is 17.6 Å². The number of aryl methyl sites for hydroxylation is 2. The monoisotopic (exact) mass is 263 g/mol. The zero-order chi connectivity index (χ0) is 13.3. The quantitative estimate of drug-likeness (QED) is 0.861. The van der Waals surface area contributed by atoms with Crippen molar-refractivity contribution in [1.82, 2.24) is 9.78 Å². The molecule has 0 fully saturated rings. The fourth-order valence-electron chi connectivity index (χ4n) is 1.89. The van der Waals surface area contributed by atoms with Gasteiger partial charge in [-0.3, -0.25) is 8.89 Å². The van der Waals surface area contributed by atoms with Crippen LogP contribution in [0.5, 0.6) is 0 Å². The maximum atomic E-state index is 12.4. The predicted octanol–water partition coefficient (Wildman–Crippen LogP) is 1.93. The van der Waals surface area contributed by atoms with Gasteiger partial charge in [-0.1, -0.05) is 6.07 Å². The molecule has 1 atom stereocenters. The van der Waals surface area contributed by atoms with Gasteiger partial charge in [0.1, 0.15) is 0 Å². The van der Waals surface area contributed by atoms with Crippen LogP contribution >= 0.6 is 0 Å². The van der Waals surface area contributed by atoms with Crippen molar-refractivity contribution in [3.63, 3.8) is 0 Å². The Balaban J connectivity index is 2.27. The number of nitrogen functional groups attached to an aromatic ring is 1. The fourth-order valence-corrected chi connectivity index (χ4v) is 3.27. The van der Waals surface area contributed by atoms with Gasteiger partial charge < -0.3 is 5.73 Å². The Morgan fingerprint density at radius 2 is 2.11 bits per heavy atom. The summed E-state index contributed by atoms with van der Waals surface area (Å²) in [5.74, 6) is 0.460. The lowest BCUT2D eigenvalue weighted by Gasteiger charge is -2.08. The molecule has 0 saturated carbocycles. The molecule has 0 spiro atoms. The summed E-state index contributed by atoms with van der Waals surface area (Å²) in [7, 11) is 0.773. The molecule has 0 bridgehead atoms. The molecule has 2 aromatic rings. The maximum Gasteiger partial charge on any atom is 0.0702 e. The van der Waals surface area contributed by atoms with E-state index in [1.165, 1.54) is 0 Å². The molecule has 1 unspecified atom stereocenters. The van der Waals surface area contributed by atoms with E-state index in [2.05, 4.69) is 5.10 Å². The van der Waals surface area contributed by atoms with Crippen LogP contribution in [-0.2, 0) is 23.6 Å². The summed E-state index contributed by atoms with van der Waals surface area (Å²) in [6.45, 7) is 3.83. The number of nitrogens with two attached hydrogens (primary N) is 1. The summed E-state index contributed by atoms with van der Waals surface area (Å²) in [6.07, 6.45) is 0. The molecule has 1 aromatic heterocycles. The lowest BCUT2D eigenvalue weighted by Crippen LogP contribution is -2.05. The fraction of sp³-hybridized carbons (Fsp3) is 0.308. The number of benzene rings is 1. The molecule has 18 heavy (non-hydrogen) atoms. The summed E-state index contributed by atoms with van der Waals surface area (Å²) in [5.41, 5.74) is 9.32. The van der Waals surface area contributed by atoms with E-state index in [1.807, 2.05) is 45.2 Å². The largest absolute Gasteiger partial charge is 0.398 e. The normalized spacial score (nSPS) is 12.6. The molecule has 2 N–H and O–H groups in total. The zero-order valence-electron chi connectivity index (χ0n) is 10.8. The van der Waals surface area contributed by atoms with Gasteiger partial charge in [-0.05, 0) is 37.6 Å². The minimum absolute atomic E-state index is 0.460. The van der Waals surface area contributed by atoms with Gasteiger partial charge in [0.25, 0.3) is 0 Å². The van der Waals surface area contributed by atoms with Crippen LogP contribution in [0.1, 0.15) is 17.0 Å². The van der Waals surface area contributed by atoms with Crippen LogP contribution in [0.3, 0.4) is 0 Å². The molecule has 96 valence electrons. The third-order valence-corrected chi connectivity index (χ3v) is 4.44. The molecule has 0 aliphatic carbocycles. The van der Waals surface area contributed by atoms with E-state index >= 15 is 0 Å². The van der Waals surface area contributed by atoms with Crippen LogP contribution in [0.25, 0.3) is 0 Å². The third-order valence-electron chi connectivity index (χ3n) is 2.95. The number of hydrogen-bond donors (Lipinski definition) is 1. The van der Waals surface area contributed by atoms with Crippen LogP contribution in [-0.4, -0.2) is 14.0 Å². The van der Waals surface area contributed by atoms with Crippen molar-refractivity contribution < 1.29 is 4.21 Å². The Hall–Kier alpha value is -1.62. The average molecular weight is 263 g/mol. The van der Waals surface area contributed by atoms with Gasteiger partial charge in [-0.2, -0.15) is 5.10 Å². The lowest BCUT2D eigenvalue weighted by molar-refractivity contribution is 0.675. The van der Waals surface area contributed by atoms with Crippen molar-refractivity contribution in [2.75, 3.05) is 5.73 Å². The van der Waals surface area contributed by atoms with E-state index in [4.69, 9.17) is 5.73 Å². The number of hydrogen-bond acceptors (Lipinski definition) is 3. The predicted molar refractivity (Wildman–Crippen MR) is 73.6 cm³/mol. The smallest absolute Gasteiger partial charge is 0.0702 e. The molecule has 5 heteroatoms. The first-order valence-corrected chi connectivity index (χ1v) is 7.04. The van der Waals surface area contributed by atoms with Gasteiger partial charge in [-0.25, -0.2) is 0 Å². The SMILES string of the molecule is Cc1cc(CS(=O)c2cccc(N)c2C)n(C)n1. The topological polar surface area (TPSA) is 60.9 Å². The van der Waals surface area contributed by atoms with Crippen LogP contribution in [0.4, 0.5) is 5.69 Å². The second kappa shape index (κ2) is 4.94. The van der Waals surface area contributed by atoms with Crippen molar-refractivity contribution in [2.45, 2.75) is 24.5 Å². The van der Waals surface area contributed by atoms with Gasteiger partial charge in [-0.15, -0.1) is 0 Å². The number of anilines is 1. The summed E-state index contributed by atoms with van der Waals surface area (Å²) < 4.78 is 14.1. The van der Waals surface area contributed by atoms with Crippen LogP contribution in [0.2, 0.25) is 0 Å². The molecule has 0 aliphatic rings. The highest BCUT2D eigenvalue weighted by atomic mass is 32.2. The third kappa shape index (κ3) is 2.46. The molecule has 4 nitrogen and oxygen atoms in total. The summed E-state index contributed by atoms with van der Waals surface area (Å²) >= 11 is 0. The summed E-state index contributed by atoms with van der Waals surface area (Å²) in [4.78, 5) is 0.800. The van der Waals surface area contributed by atoms with E-state index in [1.54, 1.807) is 4.68 Å². The van der Waals surface area contributed by atoms with E-state index in [9.17, 15) is 4.21 Å². The van der Waals surface area contributed by atoms with Crippen LogP contribution in [0.15, 0.2) is 29.2 Å². The number of rotatable bonds is 3. The van der Waals surface area contributed by atoms with Crippen LogP contribution in [0, 0.1) is 13.8 Å². The Kier molecular flexibility index (Phi) is 3.52. The maximum absolute atomic E-state index is 12.4. The van der Waals surface area contributed by atoms with Crippen molar-refractivity contribution in [3.8, 4) is 0 Å².